The molecule has 4 nitrogen and oxygen atoms in total. The van der Waals surface area contributed by atoms with Crippen LogP contribution in [0.25, 0.3) is 0 Å². The molecule has 0 amide bonds. The van der Waals surface area contributed by atoms with Crippen LogP contribution in [0.15, 0.2) is 70.7 Å². The molecule has 0 aliphatic carbocycles. The molecule has 3 aromatic rings. The van der Waals surface area contributed by atoms with Crippen LogP contribution in [-0.4, -0.2) is 16.6 Å². The number of nitrogens with zero attached hydrogens (tertiary/aromatic N) is 2. The smallest absolute Gasteiger partial charge is 0.420 e. The Labute approximate surface area is 158 Å². The summed E-state index contributed by atoms with van der Waals surface area (Å²) in [6.45, 7) is 2.43. The lowest BCUT2D eigenvalue weighted by atomic mass is 10.3. The summed E-state index contributed by atoms with van der Waals surface area (Å²) in [5, 5.41) is 2.76. The molecule has 8 heteroatoms. The summed E-state index contributed by atoms with van der Waals surface area (Å²) in [6, 6.07) is 15.8. The summed E-state index contributed by atoms with van der Waals surface area (Å²) in [6.07, 6.45) is -3.73. The highest BCUT2D eigenvalue weighted by Gasteiger charge is 2.35. The lowest BCUT2D eigenvalue weighted by Gasteiger charge is -2.13. The monoisotopic (exact) mass is 391 g/mol. The molecule has 0 aliphatic heterocycles. The predicted molar refractivity (Wildman–Crippen MR) is 98.5 cm³/mol. The van der Waals surface area contributed by atoms with Crippen LogP contribution in [0.1, 0.15) is 12.5 Å². The van der Waals surface area contributed by atoms with Crippen LogP contribution in [0.3, 0.4) is 0 Å². The van der Waals surface area contributed by atoms with E-state index in [0.29, 0.717) is 22.9 Å². The number of hydrogen-bond donors (Lipinski definition) is 1. The van der Waals surface area contributed by atoms with Crippen molar-refractivity contribution in [3.8, 4) is 5.75 Å². The minimum Gasteiger partial charge on any atom is -0.494 e. The van der Waals surface area contributed by atoms with Crippen LogP contribution in [0.4, 0.5) is 24.8 Å². The van der Waals surface area contributed by atoms with Gasteiger partial charge in [-0.15, -0.1) is 0 Å². The number of hydrogen-bond acceptors (Lipinski definition) is 5. The largest absolute Gasteiger partial charge is 0.494 e. The number of ether oxygens (including phenoxy) is 1. The molecule has 0 spiro atoms. The second-order valence-electron chi connectivity index (χ2n) is 5.41. The van der Waals surface area contributed by atoms with E-state index in [1.807, 2.05) is 6.92 Å². The Morgan fingerprint density at radius 3 is 2.37 bits per heavy atom. The number of benzene rings is 2. The summed E-state index contributed by atoms with van der Waals surface area (Å²) >= 11 is 0.944. The van der Waals surface area contributed by atoms with Crippen molar-refractivity contribution < 1.29 is 17.9 Å². The first-order valence-corrected chi connectivity index (χ1v) is 8.94. The molecule has 0 saturated heterocycles. The van der Waals surface area contributed by atoms with Crippen LogP contribution in [0, 0.1) is 0 Å². The maximum absolute atomic E-state index is 13.3. The first-order valence-electron chi connectivity index (χ1n) is 8.12. The van der Waals surface area contributed by atoms with Gasteiger partial charge in [0.25, 0.3) is 0 Å². The minimum atomic E-state index is -4.53. The van der Waals surface area contributed by atoms with E-state index in [9.17, 15) is 13.2 Å². The number of anilines is 2. The summed E-state index contributed by atoms with van der Waals surface area (Å²) in [5.74, 6) is 0.794. The fourth-order valence-electron chi connectivity index (χ4n) is 2.23. The van der Waals surface area contributed by atoms with E-state index in [2.05, 4.69) is 15.3 Å². The van der Waals surface area contributed by atoms with Gasteiger partial charge in [-0.2, -0.15) is 13.2 Å². The number of alkyl halides is 3. The van der Waals surface area contributed by atoms with E-state index in [-0.39, 0.29) is 11.0 Å². The van der Waals surface area contributed by atoms with Gasteiger partial charge in [0.1, 0.15) is 16.3 Å². The second kappa shape index (κ2) is 8.30. The van der Waals surface area contributed by atoms with E-state index in [1.54, 1.807) is 54.6 Å². The quantitative estimate of drug-likeness (QED) is 0.539. The topological polar surface area (TPSA) is 47.0 Å². The van der Waals surface area contributed by atoms with Crippen molar-refractivity contribution in [1.82, 2.24) is 9.97 Å². The third kappa shape index (κ3) is 5.13. The van der Waals surface area contributed by atoms with Crippen molar-refractivity contribution >= 4 is 23.4 Å². The summed E-state index contributed by atoms with van der Waals surface area (Å²) in [5.41, 5.74) is -0.220. The Balaban J connectivity index is 1.87. The number of halogens is 3. The van der Waals surface area contributed by atoms with Crippen LogP contribution < -0.4 is 10.1 Å². The standard InChI is InChI=1S/C19H16F3N3OS/c1-2-26-14-10-8-13(9-11-14)24-18-23-12-16(19(20,21)22)17(25-18)27-15-6-4-3-5-7-15/h3-12H,2H2,1H3,(H,23,24,25). The van der Waals surface area contributed by atoms with Crippen LogP contribution in [-0.2, 0) is 6.18 Å². The van der Waals surface area contributed by atoms with Crippen LogP contribution >= 0.6 is 11.8 Å². The van der Waals surface area contributed by atoms with Crippen LogP contribution in [0.5, 0.6) is 5.75 Å². The molecule has 3 rings (SSSR count). The van der Waals surface area contributed by atoms with Crippen molar-refractivity contribution in [2.75, 3.05) is 11.9 Å². The SMILES string of the molecule is CCOc1ccc(Nc2ncc(C(F)(F)F)c(Sc3ccccc3)n2)cc1. The normalized spacial score (nSPS) is 11.3. The maximum atomic E-state index is 13.3. The second-order valence-corrected chi connectivity index (χ2v) is 6.47. The zero-order chi connectivity index (χ0) is 19.3. The Bertz CT molecular complexity index is 887. The van der Waals surface area contributed by atoms with Gasteiger partial charge in [-0.05, 0) is 43.3 Å². The molecular formula is C19H16F3N3OS. The zero-order valence-corrected chi connectivity index (χ0v) is 15.1. The average Bonchev–Trinajstić information content (AvgIpc) is 2.64. The predicted octanol–water partition coefficient (Wildman–Crippen LogP) is 5.79. The molecule has 1 N–H and O–H groups in total. The number of aromatic nitrogens is 2. The van der Waals surface area contributed by atoms with Crippen LogP contribution in [0.2, 0.25) is 0 Å². The molecule has 27 heavy (non-hydrogen) atoms. The molecule has 0 aliphatic rings. The molecular weight excluding hydrogens is 375 g/mol. The van der Waals surface area contributed by atoms with Gasteiger partial charge in [0, 0.05) is 16.8 Å². The summed E-state index contributed by atoms with van der Waals surface area (Å²) < 4.78 is 45.3. The Hall–Kier alpha value is -2.74. The van der Waals surface area contributed by atoms with Gasteiger partial charge in [-0.25, -0.2) is 9.97 Å². The van der Waals surface area contributed by atoms with Gasteiger partial charge in [0.2, 0.25) is 5.95 Å². The first-order chi connectivity index (χ1) is 13.0. The number of nitrogens with one attached hydrogen (secondary N) is 1. The highest BCUT2D eigenvalue weighted by Crippen LogP contribution is 2.38. The van der Waals surface area contributed by atoms with Gasteiger partial charge in [-0.1, -0.05) is 30.0 Å². The van der Waals surface area contributed by atoms with Gasteiger partial charge in [0.15, 0.2) is 0 Å². The van der Waals surface area contributed by atoms with Crippen molar-refractivity contribution in [2.24, 2.45) is 0 Å². The first kappa shape index (κ1) is 19.0. The minimum absolute atomic E-state index is 0.0885. The third-order valence-corrected chi connectivity index (χ3v) is 4.45. The van der Waals surface area contributed by atoms with Crippen molar-refractivity contribution in [3.05, 3.63) is 66.4 Å². The van der Waals surface area contributed by atoms with Gasteiger partial charge >= 0.3 is 6.18 Å². The van der Waals surface area contributed by atoms with E-state index >= 15 is 0 Å². The molecule has 0 unspecified atom stereocenters. The molecule has 0 atom stereocenters. The van der Waals surface area contributed by atoms with E-state index in [0.717, 1.165) is 18.0 Å². The molecule has 1 aromatic heterocycles. The Morgan fingerprint density at radius 1 is 1.04 bits per heavy atom. The van der Waals surface area contributed by atoms with Gasteiger partial charge in [0.05, 0.1) is 6.61 Å². The van der Waals surface area contributed by atoms with E-state index in [4.69, 9.17) is 4.74 Å². The van der Waals surface area contributed by atoms with Crippen molar-refractivity contribution in [1.29, 1.82) is 0 Å². The molecule has 0 saturated carbocycles. The Kier molecular flexibility index (Phi) is 5.85. The number of rotatable bonds is 6. The third-order valence-electron chi connectivity index (χ3n) is 3.44. The summed E-state index contributed by atoms with van der Waals surface area (Å²) in [4.78, 5) is 8.55. The highest BCUT2D eigenvalue weighted by atomic mass is 32.2. The van der Waals surface area contributed by atoms with Gasteiger partial charge in [-0.3, -0.25) is 0 Å². The lowest BCUT2D eigenvalue weighted by Crippen LogP contribution is -2.10. The zero-order valence-electron chi connectivity index (χ0n) is 14.3. The lowest BCUT2D eigenvalue weighted by molar-refractivity contribution is -0.140. The Morgan fingerprint density at radius 2 is 1.74 bits per heavy atom. The van der Waals surface area contributed by atoms with Crippen molar-refractivity contribution in [2.45, 2.75) is 23.0 Å². The fourth-order valence-corrected chi connectivity index (χ4v) is 3.16. The molecule has 0 bridgehead atoms. The molecule has 1 heterocycles. The average molecular weight is 391 g/mol. The molecule has 0 radical (unpaired) electrons. The van der Waals surface area contributed by atoms with Crippen molar-refractivity contribution in [3.63, 3.8) is 0 Å². The maximum Gasteiger partial charge on any atom is 0.420 e. The highest BCUT2D eigenvalue weighted by molar-refractivity contribution is 7.99. The molecule has 0 fully saturated rings. The molecule has 2 aromatic carbocycles. The van der Waals surface area contributed by atoms with Gasteiger partial charge < -0.3 is 10.1 Å². The molecule has 140 valence electrons. The fraction of sp³-hybridized carbons (Fsp3) is 0.158. The van der Waals surface area contributed by atoms with E-state index in [1.165, 1.54) is 0 Å². The summed E-state index contributed by atoms with van der Waals surface area (Å²) in [7, 11) is 0. The van der Waals surface area contributed by atoms with E-state index < -0.39 is 11.7 Å².